The summed E-state index contributed by atoms with van der Waals surface area (Å²) < 4.78 is 5.35. The number of nitrogens with one attached hydrogen (secondary N) is 1. The molecule has 0 heterocycles. The minimum Gasteiger partial charge on any atom is -0.453 e. The predicted octanol–water partition coefficient (Wildman–Crippen LogP) is 4.28. The van der Waals surface area contributed by atoms with Crippen molar-refractivity contribution in [2.45, 2.75) is 83.8 Å². The molecule has 162 valence electrons. The van der Waals surface area contributed by atoms with Gasteiger partial charge < -0.3 is 10.1 Å². The summed E-state index contributed by atoms with van der Waals surface area (Å²) in [5.41, 5.74) is 2.70. The standard InChI is InChI=1S/C25H33NO4/c1-15-4-5-21(8-16(15)2)22(27)6-7-23(28)30-17(3)24(29)26-25-12-18-9-19(13-25)11-20(10-18)14-25/h4-5,8,17-20H,6-7,9-14H2,1-3H3,(H,26,29)/t17-,18?,19?,20?,25?/m1/s1. The molecule has 0 radical (unpaired) electrons. The first kappa shape index (κ1) is 21.1. The molecule has 0 unspecified atom stereocenters. The van der Waals surface area contributed by atoms with Crippen LogP contribution in [-0.4, -0.2) is 29.3 Å². The molecule has 4 bridgehead atoms. The van der Waals surface area contributed by atoms with Gasteiger partial charge in [0.2, 0.25) is 0 Å². The number of rotatable bonds is 7. The number of carbonyl (C=O) groups is 3. The fourth-order valence-corrected chi connectivity index (χ4v) is 6.21. The molecule has 1 atom stereocenters. The van der Waals surface area contributed by atoms with Crippen molar-refractivity contribution in [1.82, 2.24) is 5.32 Å². The van der Waals surface area contributed by atoms with Crippen molar-refractivity contribution in [3.05, 3.63) is 34.9 Å². The number of hydrogen-bond donors (Lipinski definition) is 1. The Labute approximate surface area is 178 Å². The summed E-state index contributed by atoms with van der Waals surface area (Å²) >= 11 is 0. The molecule has 5 nitrogen and oxygen atoms in total. The number of ether oxygens (including phenoxy) is 1. The number of hydrogen-bond acceptors (Lipinski definition) is 4. The molecule has 0 spiro atoms. The van der Waals surface area contributed by atoms with Crippen LogP contribution >= 0.6 is 0 Å². The van der Waals surface area contributed by atoms with Crippen LogP contribution in [0.4, 0.5) is 0 Å². The van der Waals surface area contributed by atoms with Crippen LogP contribution in [0.5, 0.6) is 0 Å². The lowest BCUT2D eigenvalue weighted by Crippen LogP contribution is -2.61. The molecule has 4 saturated carbocycles. The topological polar surface area (TPSA) is 72.5 Å². The fourth-order valence-electron chi connectivity index (χ4n) is 6.21. The highest BCUT2D eigenvalue weighted by Gasteiger charge is 2.51. The summed E-state index contributed by atoms with van der Waals surface area (Å²) in [4.78, 5) is 37.3. The van der Waals surface area contributed by atoms with Gasteiger partial charge in [-0.1, -0.05) is 12.1 Å². The van der Waals surface area contributed by atoms with Gasteiger partial charge in [0.1, 0.15) is 0 Å². The zero-order valence-electron chi connectivity index (χ0n) is 18.3. The van der Waals surface area contributed by atoms with Crippen LogP contribution in [0.3, 0.4) is 0 Å². The Morgan fingerprint density at radius 1 is 1.00 bits per heavy atom. The zero-order valence-corrected chi connectivity index (χ0v) is 18.3. The Balaban J connectivity index is 1.25. The first-order valence-corrected chi connectivity index (χ1v) is 11.3. The van der Waals surface area contributed by atoms with Gasteiger partial charge in [-0.25, -0.2) is 0 Å². The van der Waals surface area contributed by atoms with Gasteiger partial charge in [0.05, 0.1) is 6.42 Å². The van der Waals surface area contributed by atoms with Crippen molar-refractivity contribution in [2.24, 2.45) is 17.8 Å². The number of amides is 1. The Kier molecular flexibility index (Phi) is 5.73. The van der Waals surface area contributed by atoms with Crippen molar-refractivity contribution >= 4 is 17.7 Å². The Morgan fingerprint density at radius 3 is 2.17 bits per heavy atom. The maximum Gasteiger partial charge on any atom is 0.307 e. The van der Waals surface area contributed by atoms with E-state index in [-0.39, 0.29) is 30.1 Å². The normalized spacial score (nSPS) is 30.0. The van der Waals surface area contributed by atoms with Crippen LogP contribution in [0.2, 0.25) is 0 Å². The summed E-state index contributed by atoms with van der Waals surface area (Å²) in [5.74, 6) is 1.44. The molecule has 1 N–H and O–H groups in total. The lowest BCUT2D eigenvalue weighted by Gasteiger charge is -2.57. The Bertz CT molecular complexity index is 823. The molecular weight excluding hydrogens is 378 g/mol. The van der Waals surface area contributed by atoms with E-state index in [9.17, 15) is 14.4 Å². The second-order valence-corrected chi connectivity index (χ2v) is 10.0. The van der Waals surface area contributed by atoms with E-state index >= 15 is 0 Å². The van der Waals surface area contributed by atoms with Crippen molar-refractivity contribution in [3.63, 3.8) is 0 Å². The third kappa shape index (κ3) is 4.45. The summed E-state index contributed by atoms with van der Waals surface area (Å²) in [6.07, 6.45) is 6.38. The van der Waals surface area contributed by atoms with E-state index in [1.807, 2.05) is 26.0 Å². The minimum atomic E-state index is -0.831. The molecule has 5 rings (SSSR count). The van der Waals surface area contributed by atoms with Gasteiger partial charge in [-0.2, -0.15) is 0 Å². The number of aryl methyl sites for hydroxylation is 2. The minimum absolute atomic E-state index is 0.0132. The fraction of sp³-hybridized carbons (Fsp3) is 0.640. The number of esters is 1. The molecule has 30 heavy (non-hydrogen) atoms. The SMILES string of the molecule is Cc1ccc(C(=O)CCC(=O)O[C@H](C)C(=O)NC23CC4CC(CC(C4)C2)C3)cc1C. The van der Waals surface area contributed by atoms with Gasteiger partial charge in [0.25, 0.3) is 5.91 Å². The average Bonchev–Trinajstić information content (AvgIpc) is 2.66. The van der Waals surface area contributed by atoms with Gasteiger partial charge in [-0.15, -0.1) is 0 Å². The van der Waals surface area contributed by atoms with Crippen molar-refractivity contribution < 1.29 is 19.1 Å². The number of ketones is 1. The Morgan fingerprint density at radius 2 is 1.60 bits per heavy atom. The number of benzene rings is 1. The highest BCUT2D eigenvalue weighted by Crippen LogP contribution is 2.55. The average molecular weight is 412 g/mol. The maximum absolute atomic E-state index is 12.7. The third-order valence-electron chi connectivity index (χ3n) is 7.49. The quantitative estimate of drug-likeness (QED) is 0.537. The molecule has 1 amide bonds. The van der Waals surface area contributed by atoms with Crippen LogP contribution < -0.4 is 5.32 Å². The van der Waals surface area contributed by atoms with Gasteiger partial charge in [-0.3, -0.25) is 14.4 Å². The number of carbonyl (C=O) groups excluding carboxylic acids is 3. The summed E-state index contributed by atoms with van der Waals surface area (Å²) in [6.45, 7) is 5.58. The Hall–Kier alpha value is -2.17. The molecule has 0 aliphatic heterocycles. The molecule has 5 heteroatoms. The van der Waals surface area contributed by atoms with Crippen LogP contribution in [0, 0.1) is 31.6 Å². The van der Waals surface area contributed by atoms with Crippen molar-refractivity contribution in [2.75, 3.05) is 0 Å². The summed E-state index contributed by atoms with van der Waals surface area (Å²) in [7, 11) is 0. The monoisotopic (exact) mass is 411 g/mol. The van der Waals surface area contributed by atoms with Crippen molar-refractivity contribution in [1.29, 1.82) is 0 Å². The first-order valence-electron chi connectivity index (χ1n) is 11.3. The van der Waals surface area contributed by atoms with E-state index in [2.05, 4.69) is 5.32 Å². The molecule has 1 aromatic carbocycles. The lowest BCUT2D eigenvalue weighted by molar-refractivity contribution is -0.156. The van der Waals surface area contributed by atoms with E-state index in [0.717, 1.165) is 48.1 Å². The predicted molar refractivity (Wildman–Crippen MR) is 114 cm³/mol. The molecular formula is C25H33NO4. The highest BCUT2D eigenvalue weighted by atomic mass is 16.5. The van der Waals surface area contributed by atoms with Crippen LogP contribution in [0.15, 0.2) is 18.2 Å². The summed E-state index contributed by atoms with van der Waals surface area (Å²) in [6, 6.07) is 5.56. The smallest absolute Gasteiger partial charge is 0.307 e. The van der Waals surface area contributed by atoms with E-state index in [1.54, 1.807) is 13.0 Å². The molecule has 4 aliphatic rings. The third-order valence-corrected chi connectivity index (χ3v) is 7.49. The van der Waals surface area contributed by atoms with E-state index in [0.29, 0.717) is 5.56 Å². The lowest BCUT2D eigenvalue weighted by atomic mass is 9.53. The molecule has 0 aromatic heterocycles. The molecule has 1 aromatic rings. The summed E-state index contributed by atoms with van der Waals surface area (Å²) in [5, 5.41) is 3.25. The maximum atomic E-state index is 12.7. The first-order chi connectivity index (χ1) is 14.2. The molecule has 4 aliphatic carbocycles. The van der Waals surface area contributed by atoms with Crippen LogP contribution in [0.25, 0.3) is 0 Å². The van der Waals surface area contributed by atoms with Gasteiger partial charge in [0.15, 0.2) is 11.9 Å². The van der Waals surface area contributed by atoms with Crippen LogP contribution in [-0.2, 0) is 14.3 Å². The largest absolute Gasteiger partial charge is 0.453 e. The highest BCUT2D eigenvalue weighted by molar-refractivity contribution is 5.98. The van der Waals surface area contributed by atoms with E-state index < -0.39 is 12.1 Å². The van der Waals surface area contributed by atoms with E-state index in [4.69, 9.17) is 4.74 Å². The second kappa shape index (κ2) is 8.16. The van der Waals surface area contributed by atoms with Gasteiger partial charge >= 0.3 is 5.97 Å². The van der Waals surface area contributed by atoms with Gasteiger partial charge in [0, 0.05) is 17.5 Å². The van der Waals surface area contributed by atoms with E-state index in [1.165, 1.54) is 19.3 Å². The van der Waals surface area contributed by atoms with Crippen molar-refractivity contribution in [3.8, 4) is 0 Å². The van der Waals surface area contributed by atoms with Gasteiger partial charge in [-0.05, 0) is 94.2 Å². The van der Waals surface area contributed by atoms with Crippen LogP contribution in [0.1, 0.15) is 79.8 Å². The number of Topliss-reactive ketones (excluding diaryl/α,β-unsaturated/α-hetero) is 1. The molecule has 4 fully saturated rings. The second-order valence-electron chi connectivity index (χ2n) is 10.0. The zero-order chi connectivity index (χ0) is 21.5. The molecule has 0 saturated heterocycles.